The van der Waals surface area contributed by atoms with Gasteiger partial charge in [0.15, 0.2) is 11.6 Å². The average molecular weight is 327 g/mol. The van der Waals surface area contributed by atoms with E-state index in [2.05, 4.69) is 0 Å². The van der Waals surface area contributed by atoms with Gasteiger partial charge in [-0.3, -0.25) is 0 Å². The van der Waals surface area contributed by atoms with Gasteiger partial charge in [0, 0.05) is 19.5 Å². The average Bonchev–Trinajstić information content (AvgIpc) is 2.42. The van der Waals surface area contributed by atoms with Gasteiger partial charge in [0.2, 0.25) is 0 Å². The van der Waals surface area contributed by atoms with E-state index in [-0.39, 0.29) is 12.0 Å². The van der Waals surface area contributed by atoms with E-state index in [1.165, 1.54) is 17.0 Å². The highest BCUT2D eigenvalue weighted by molar-refractivity contribution is 5.68. The quantitative estimate of drug-likeness (QED) is 0.907. The Hall–Kier alpha value is -1.69. The predicted octanol–water partition coefficient (Wildman–Crippen LogP) is 3.27. The Morgan fingerprint density at radius 1 is 1.30 bits per heavy atom. The summed E-state index contributed by atoms with van der Waals surface area (Å²) in [6.45, 7) is 6.01. The van der Waals surface area contributed by atoms with E-state index < -0.39 is 28.9 Å². The van der Waals surface area contributed by atoms with Crippen LogP contribution in [-0.4, -0.2) is 40.4 Å². The third-order valence-corrected chi connectivity index (χ3v) is 3.90. The van der Waals surface area contributed by atoms with E-state index in [4.69, 9.17) is 4.74 Å². The Balaban J connectivity index is 1.97. The molecule has 0 bridgehead atoms. The number of ether oxygens (including phenoxy) is 1. The summed E-state index contributed by atoms with van der Waals surface area (Å²) in [6, 6.07) is 3.94. The van der Waals surface area contributed by atoms with Crippen LogP contribution in [0.15, 0.2) is 18.2 Å². The molecular weight excluding hydrogens is 304 g/mol. The first-order valence-corrected chi connectivity index (χ1v) is 7.73. The summed E-state index contributed by atoms with van der Waals surface area (Å²) in [4.78, 5) is 13.5. The third kappa shape index (κ3) is 4.64. The lowest BCUT2D eigenvalue weighted by molar-refractivity contribution is -0.0319. The van der Waals surface area contributed by atoms with Crippen LogP contribution in [0.2, 0.25) is 0 Å². The van der Waals surface area contributed by atoms with Gasteiger partial charge in [-0.05, 0) is 45.2 Å². The second-order valence-electron chi connectivity index (χ2n) is 7.08. The Morgan fingerprint density at radius 2 is 1.91 bits per heavy atom. The molecule has 0 radical (unpaired) electrons. The minimum Gasteiger partial charge on any atom is -0.444 e. The molecule has 6 heteroatoms. The summed E-state index contributed by atoms with van der Waals surface area (Å²) >= 11 is 0. The highest BCUT2D eigenvalue weighted by Gasteiger charge is 2.36. The minimum absolute atomic E-state index is 0.0265. The number of carbonyl (C=O) groups excluding carboxylic acids is 1. The lowest BCUT2D eigenvalue weighted by atomic mass is 9.85. The number of halogens is 2. The van der Waals surface area contributed by atoms with Crippen LogP contribution in [-0.2, 0) is 11.2 Å². The predicted molar refractivity (Wildman–Crippen MR) is 82.1 cm³/mol. The summed E-state index contributed by atoms with van der Waals surface area (Å²) in [5, 5.41) is 10.6. The first-order valence-electron chi connectivity index (χ1n) is 7.73. The smallest absolute Gasteiger partial charge is 0.410 e. The number of rotatable bonds is 2. The lowest BCUT2D eigenvalue weighted by Crippen LogP contribution is -2.49. The number of amides is 1. The highest BCUT2D eigenvalue weighted by Crippen LogP contribution is 2.28. The Kier molecular flexibility index (Phi) is 4.94. The molecular formula is C17H23F2NO3. The molecule has 1 aromatic carbocycles. The van der Waals surface area contributed by atoms with Crippen LogP contribution in [0.25, 0.3) is 0 Å². The molecule has 4 nitrogen and oxygen atoms in total. The molecule has 1 saturated heterocycles. The van der Waals surface area contributed by atoms with Crippen LogP contribution in [0.4, 0.5) is 13.6 Å². The molecule has 0 aliphatic carbocycles. The van der Waals surface area contributed by atoms with Gasteiger partial charge in [0.05, 0.1) is 5.60 Å². The molecule has 1 aromatic rings. The standard InChI is InChI=1S/C17H23F2NO3/c1-16(2,3)23-15(21)20-9-7-17(22,8-10-20)11-12-5-4-6-13(18)14(12)19/h4-6,22H,7-11H2,1-3H3. The molecule has 0 saturated carbocycles. The Bertz CT molecular complexity index is 576. The number of hydrogen-bond acceptors (Lipinski definition) is 3. The van der Waals surface area contributed by atoms with Crippen LogP contribution >= 0.6 is 0 Å². The molecule has 128 valence electrons. The van der Waals surface area contributed by atoms with E-state index in [1.807, 2.05) is 0 Å². The van der Waals surface area contributed by atoms with Crippen molar-refractivity contribution < 1.29 is 23.4 Å². The van der Waals surface area contributed by atoms with Crippen molar-refractivity contribution in [3.05, 3.63) is 35.4 Å². The molecule has 1 N–H and O–H groups in total. The molecule has 23 heavy (non-hydrogen) atoms. The van der Waals surface area contributed by atoms with Crippen molar-refractivity contribution in [3.8, 4) is 0 Å². The maximum Gasteiger partial charge on any atom is 0.410 e. The zero-order valence-corrected chi connectivity index (χ0v) is 13.7. The van der Waals surface area contributed by atoms with Gasteiger partial charge < -0.3 is 14.7 Å². The van der Waals surface area contributed by atoms with E-state index in [9.17, 15) is 18.7 Å². The van der Waals surface area contributed by atoms with Gasteiger partial charge >= 0.3 is 6.09 Å². The van der Waals surface area contributed by atoms with E-state index >= 15 is 0 Å². The highest BCUT2D eigenvalue weighted by atomic mass is 19.2. The first-order chi connectivity index (χ1) is 10.6. The summed E-state index contributed by atoms with van der Waals surface area (Å²) in [5.74, 6) is -1.84. The fraction of sp³-hybridized carbons (Fsp3) is 0.588. The fourth-order valence-electron chi connectivity index (χ4n) is 2.65. The number of aliphatic hydroxyl groups is 1. The van der Waals surface area contributed by atoms with Crippen LogP contribution in [0.1, 0.15) is 39.2 Å². The maximum atomic E-state index is 13.7. The summed E-state index contributed by atoms with van der Waals surface area (Å²) in [7, 11) is 0. The van der Waals surface area contributed by atoms with Gasteiger partial charge in [-0.1, -0.05) is 12.1 Å². The molecule has 0 spiro atoms. The zero-order chi connectivity index (χ0) is 17.3. The number of hydrogen-bond donors (Lipinski definition) is 1. The normalized spacial score (nSPS) is 17.9. The molecule has 1 heterocycles. The van der Waals surface area contributed by atoms with Crippen LogP contribution in [0.5, 0.6) is 0 Å². The van der Waals surface area contributed by atoms with Gasteiger partial charge in [-0.15, -0.1) is 0 Å². The van der Waals surface area contributed by atoms with Crippen molar-refractivity contribution in [1.82, 2.24) is 4.90 Å². The SMILES string of the molecule is CC(C)(C)OC(=O)N1CCC(O)(Cc2cccc(F)c2F)CC1. The van der Waals surface area contributed by atoms with Gasteiger partial charge in [-0.2, -0.15) is 0 Å². The van der Waals surface area contributed by atoms with Gasteiger partial charge in [-0.25, -0.2) is 13.6 Å². The van der Waals surface area contributed by atoms with Crippen molar-refractivity contribution >= 4 is 6.09 Å². The van der Waals surface area contributed by atoms with Crippen LogP contribution in [0, 0.1) is 11.6 Å². The number of likely N-dealkylation sites (tertiary alicyclic amines) is 1. The van der Waals surface area contributed by atoms with E-state index in [0.29, 0.717) is 25.9 Å². The molecule has 2 rings (SSSR count). The number of piperidine rings is 1. The summed E-state index contributed by atoms with van der Waals surface area (Å²) in [5.41, 5.74) is -1.57. The van der Waals surface area contributed by atoms with Crippen molar-refractivity contribution in [2.45, 2.75) is 51.2 Å². The lowest BCUT2D eigenvalue weighted by Gasteiger charge is -2.38. The van der Waals surface area contributed by atoms with Crippen LogP contribution < -0.4 is 0 Å². The molecule has 1 amide bonds. The van der Waals surface area contributed by atoms with E-state index in [0.717, 1.165) is 6.07 Å². The first kappa shape index (κ1) is 17.7. The molecule has 1 aliphatic heterocycles. The summed E-state index contributed by atoms with van der Waals surface area (Å²) in [6.07, 6.45) is 0.194. The topological polar surface area (TPSA) is 49.8 Å². The van der Waals surface area contributed by atoms with Crippen molar-refractivity contribution in [3.63, 3.8) is 0 Å². The molecule has 1 aliphatic rings. The van der Waals surface area contributed by atoms with E-state index in [1.54, 1.807) is 20.8 Å². The number of nitrogens with zero attached hydrogens (tertiary/aromatic N) is 1. The number of carbonyl (C=O) groups is 1. The Morgan fingerprint density at radius 3 is 2.48 bits per heavy atom. The van der Waals surface area contributed by atoms with Crippen LogP contribution in [0.3, 0.4) is 0 Å². The van der Waals surface area contributed by atoms with Crippen molar-refractivity contribution in [2.24, 2.45) is 0 Å². The zero-order valence-electron chi connectivity index (χ0n) is 13.7. The van der Waals surface area contributed by atoms with Gasteiger partial charge in [0.1, 0.15) is 5.60 Å². The minimum atomic E-state index is -1.15. The molecule has 1 fully saturated rings. The van der Waals surface area contributed by atoms with Crippen molar-refractivity contribution in [1.29, 1.82) is 0 Å². The second kappa shape index (κ2) is 6.43. The molecule has 0 unspecified atom stereocenters. The number of benzene rings is 1. The second-order valence-corrected chi connectivity index (χ2v) is 7.08. The van der Waals surface area contributed by atoms with Crippen molar-refractivity contribution in [2.75, 3.05) is 13.1 Å². The fourth-order valence-corrected chi connectivity index (χ4v) is 2.65. The largest absolute Gasteiger partial charge is 0.444 e. The monoisotopic (exact) mass is 327 g/mol. The Labute approximate surface area is 135 Å². The molecule has 0 atom stereocenters. The molecule has 0 aromatic heterocycles. The third-order valence-electron chi connectivity index (χ3n) is 3.90. The van der Waals surface area contributed by atoms with Gasteiger partial charge in [0.25, 0.3) is 0 Å². The summed E-state index contributed by atoms with van der Waals surface area (Å²) < 4.78 is 32.3. The maximum absolute atomic E-state index is 13.7.